The van der Waals surface area contributed by atoms with Gasteiger partial charge < -0.3 is 5.32 Å². The second-order valence-corrected chi connectivity index (χ2v) is 5.55. The largest absolute Gasteiger partial charge is 0.408 e. The van der Waals surface area contributed by atoms with Crippen LogP contribution in [0.25, 0.3) is 0 Å². The number of ketones is 1. The number of hydrogen-bond donors (Lipinski definition) is 1. The van der Waals surface area contributed by atoms with Gasteiger partial charge in [0, 0.05) is 18.2 Å². The Bertz CT molecular complexity index is 816. The average Bonchev–Trinajstić information content (AvgIpc) is 2.54. The lowest BCUT2D eigenvalue weighted by molar-refractivity contribution is -0.145. The van der Waals surface area contributed by atoms with Gasteiger partial charge in [-0.1, -0.05) is 30.3 Å². The molecule has 1 atom stereocenters. The predicted octanol–water partition coefficient (Wildman–Crippen LogP) is 2.42. The van der Waals surface area contributed by atoms with Crippen LogP contribution in [0, 0.1) is 0 Å². The van der Waals surface area contributed by atoms with Crippen molar-refractivity contribution in [2.75, 3.05) is 5.32 Å². The predicted molar refractivity (Wildman–Crippen MR) is 81.1 cm³/mol. The number of Topliss-reactive ketones (excluding diaryl/α,β-unsaturated/α-hetero) is 1. The summed E-state index contributed by atoms with van der Waals surface area (Å²) in [4.78, 5) is 28.3. The molecule has 3 rings (SSSR count). The van der Waals surface area contributed by atoms with E-state index in [9.17, 15) is 22.8 Å². The van der Waals surface area contributed by atoms with Crippen LogP contribution in [0.15, 0.2) is 41.2 Å². The molecule has 0 bridgehead atoms. The van der Waals surface area contributed by atoms with E-state index in [1.165, 1.54) is 6.07 Å². The van der Waals surface area contributed by atoms with Crippen molar-refractivity contribution < 1.29 is 18.0 Å². The molecule has 1 aromatic heterocycles. The summed E-state index contributed by atoms with van der Waals surface area (Å²) >= 11 is 0. The summed E-state index contributed by atoms with van der Waals surface area (Å²) in [6.45, 7) is -0.0642. The smallest absolute Gasteiger partial charge is 0.344 e. The van der Waals surface area contributed by atoms with Crippen LogP contribution >= 0.6 is 0 Å². The van der Waals surface area contributed by atoms with Crippen LogP contribution in [-0.4, -0.2) is 27.6 Å². The van der Waals surface area contributed by atoms with E-state index in [-0.39, 0.29) is 36.8 Å². The molecule has 2 aromatic rings. The lowest BCUT2D eigenvalue weighted by Gasteiger charge is -2.28. The van der Waals surface area contributed by atoms with E-state index in [4.69, 9.17) is 0 Å². The number of rotatable bonds is 3. The first kappa shape index (κ1) is 16.2. The molecule has 1 unspecified atom stereocenters. The summed E-state index contributed by atoms with van der Waals surface area (Å²) in [5, 5.41) is 2.25. The van der Waals surface area contributed by atoms with Crippen LogP contribution in [0.4, 0.5) is 19.1 Å². The van der Waals surface area contributed by atoms with Gasteiger partial charge >= 0.3 is 6.18 Å². The lowest BCUT2D eigenvalue weighted by Crippen LogP contribution is -2.44. The molecule has 5 nitrogen and oxygen atoms in total. The van der Waals surface area contributed by atoms with Crippen molar-refractivity contribution in [3.05, 3.63) is 58.0 Å². The van der Waals surface area contributed by atoms with Crippen molar-refractivity contribution in [1.82, 2.24) is 9.55 Å². The second-order valence-electron chi connectivity index (χ2n) is 5.55. The summed E-state index contributed by atoms with van der Waals surface area (Å²) in [5.41, 5.74) is 0.137. The molecule has 24 heavy (non-hydrogen) atoms. The zero-order chi connectivity index (χ0) is 17.3. The number of aromatic nitrogens is 2. The number of carbonyl (C=O) groups is 1. The van der Waals surface area contributed by atoms with E-state index in [0.29, 0.717) is 5.56 Å². The van der Waals surface area contributed by atoms with Gasteiger partial charge in [-0.15, -0.1) is 0 Å². The zero-order valence-corrected chi connectivity index (χ0v) is 12.5. The summed E-state index contributed by atoms with van der Waals surface area (Å²) in [7, 11) is 0. The van der Waals surface area contributed by atoms with E-state index >= 15 is 0 Å². The highest BCUT2D eigenvalue weighted by Crippen LogP contribution is 2.28. The topological polar surface area (TPSA) is 64.0 Å². The number of anilines is 1. The molecule has 1 N–H and O–H groups in total. The highest BCUT2D eigenvalue weighted by Gasteiger charge is 2.41. The first-order valence-electron chi connectivity index (χ1n) is 7.37. The maximum Gasteiger partial charge on any atom is 0.408 e. The highest BCUT2D eigenvalue weighted by molar-refractivity contribution is 5.97. The summed E-state index contributed by atoms with van der Waals surface area (Å²) in [6.07, 6.45) is -4.80. The average molecular weight is 337 g/mol. The third-order valence-corrected chi connectivity index (χ3v) is 3.84. The zero-order valence-electron chi connectivity index (χ0n) is 12.5. The fourth-order valence-electron chi connectivity index (χ4n) is 2.59. The third-order valence-electron chi connectivity index (χ3n) is 3.84. The van der Waals surface area contributed by atoms with Crippen LogP contribution < -0.4 is 10.9 Å². The minimum absolute atomic E-state index is 0.0642. The minimum Gasteiger partial charge on any atom is -0.344 e. The number of nitrogens with one attached hydrogen (secondary N) is 1. The molecule has 0 spiro atoms. The van der Waals surface area contributed by atoms with Crippen LogP contribution in [0.2, 0.25) is 0 Å². The van der Waals surface area contributed by atoms with E-state index in [1.807, 2.05) is 0 Å². The van der Waals surface area contributed by atoms with Gasteiger partial charge in [0.25, 0.3) is 5.56 Å². The van der Waals surface area contributed by atoms with Gasteiger partial charge in [0.05, 0.1) is 12.1 Å². The molecule has 0 fully saturated rings. The standard InChI is InChI=1S/C16H14F3N3O2/c17-16(18,19)13-6-7-22-14(24)9-11(20-15(22)21-13)8-12(23)10-4-2-1-3-5-10/h1-5,9,13H,6-8H2,(H,20,21). The van der Waals surface area contributed by atoms with Crippen LogP contribution in [0.1, 0.15) is 22.5 Å². The Morgan fingerprint density at radius 1 is 1.29 bits per heavy atom. The molecule has 1 aromatic carbocycles. The van der Waals surface area contributed by atoms with Gasteiger partial charge in [0.1, 0.15) is 6.04 Å². The molecule has 0 saturated heterocycles. The Labute approximate surface area is 135 Å². The van der Waals surface area contributed by atoms with Crippen molar-refractivity contribution in [3.63, 3.8) is 0 Å². The third kappa shape index (κ3) is 3.32. The number of carbonyl (C=O) groups excluding carboxylic acids is 1. The summed E-state index contributed by atoms with van der Waals surface area (Å²) in [5.74, 6) is -0.400. The first-order chi connectivity index (χ1) is 11.3. The van der Waals surface area contributed by atoms with Gasteiger partial charge in [-0.3, -0.25) is 14.2 Å². The fraction of sp³-hybridized carbons (Fsp3) is 0.312. The van der Waals surface area contributed by atoms with Gasteiger partial charge in [0.15, 0.2) is 5.78 Å². The Kier molecular flexibility index (Phi) is 4.13. The maximum absolute atomic E-state index is 12.8. The first-order valence-corrected chi connectivity index (χ1v) is 7.37. The molecule has 2 heterocycles. The normalized spacial score (nSPS) is 17.0. The van der Waals surface area contributed by atoms with E-state index in [0.717, 1.165) is 4.57 Å². The molecule has 126 valence electrons. The molecular weight excluding hydrogens is 323 g/mol. The molecule has 1 aliphatic rings. The molecule has 0 radical (unpaired) electrons. The van der Waals surface area contributed by atoms with Crippen molar-refractivity contribution in [2.24, 2.45) is 0 Å². The molecule has 1 aliphatic heterocycles. The van der Waals surface area contributed by atoms with E-state index in [2.05, 4.69) is 10.3 Å². The van der Waals surface area contributed by atoms with Crippen molar-refractivity contribution in [3.8, 4) is 0 Å². The number of hydrogen-bond acceptors (Lipinski definition) is 4. The summed E-state index contributed by atoms with van der Waals surface area (Å²) in [6, 6.07) is 7.89. The van der Waals surface area contributed by atoms with Gasteiger partial charge in [-0.25, -0.2) is 4.98 Å². The quantitative estimate of drug-likeness (QED) is 0.874. The van der Waals surface area contributed by atoms with Crippen LogP contribution in [0.3, 0.4) is 0 Å². The van der Waals surface area contributed by atoms with Crippen LogP contribution in [-0.2, 0) is 13.0 Å². The SMILES string of the molecule is O=C(Cc1cc(=O)n2c(n1)NC(C(F)(F)F)CC2)c1ccccc1. The van der Waals surface area contributed by atoms with Crippen molar-refractivity contribution in [1.29, 1.82) is 0 Å². The van der Waals surface area contributed by atoms with Crippen molar-refractivity contribution >= 4 is 11.7 Å². The molecule has 0 amide bonds. The number of nitrogens with zero attached hydrogens (tertiary/aromatic N) is 2. The molecular formula is C16H14F3N3O2. The van der Waals surface area contributed by atoms with E-state index in [1.54, 1.807) is 30.3 Å². The number of fused-ring (bicyclic) bond motifs is 1. The Balaban J connectivity index is 1.86. The Hall–Kier alpha value is -2.64. The second kappa shape index (κ2) is 6.10. The fourth-order valence-corrected chi connectivity index (χ4v) is 2.59. The Morgan fingerprint density at radius 2 is 2.00 bits per heavy atom. The molecule has 8 heteroatoms. The monoisotopic (exact) mass is 337 g/mol. The highest BCUT2D eigenvalue weighted by atomic mass is 19.4. The molecule has 0 aliphatic carbocycles. The number of alkyl halides is 3. The Morgan fingerprint density at radius 3 is 2.67 bits per heavy atom. The number of benzene rings is 1. The van der Waals surface area contributed by atoms with Gasteiger partial charge in [-0.05, 0) is 6.42 Å². The lowest BCUT2D eigenvalue weighted by atomic mass is 10.1. The van der Waals surface area contributed by atoms with E-state index < -0.39 is 17.8 Å². The van der Waals surface area contributed by atoms with Crippen LogP contribution in [0.5, 0.6) is 0 Å². The van der Waals surface area contributed by atoms with Gasteiger partial charge in [0.2, 0.25) is 5.95 Å². The maximum atomic E-state index is 12.8. The van der Waals surface area contributed by atoms with Gasteiger partial charge in [-0.2, -0.15) is 13.2 Å². The van der Waals surface area contributed by atoms with Crippen molar-refractivity contribution in [2.45, 2.75) is 31.6 Å². The minimum atomic E-state index is -4.42. The number of halogens is 3. The molecule has 0 saturated carbocycles. The summed E-state index contributed by atoms with van der Waals surface area (Å²) < 4.78 is 39.7.